The number of likely N-dealkylation sites (N-methyl/N-ethyl adjacent to an activating group) is 1. The summed E-state index contributed by atoms with van der Waals surface area (Å²) in [7, 11) is 5.04. The molecule has 1 saturated heterocycles. The molecule has 1 aromatic rings. The highest BCUT2D eigenvalue weighted by molar-refractivity contribution is 5.92. The zero-order valence-electron chi connectivity index (χ0n) is 14.6. The smallest absolute Gasteiger partial charge is 0.274 e. The average molecular weight is 322 g/mol. The fraction of sp³-hybridized carbons (Fsp3) is 0.688. The van der Waals surface area contributed by atoms with Crippen LogP contribution in [0.1, 0.15) is 30.8 Å². The molecule has 2 rings (SSSR count). The van der Waals surface area contributed by atoms with Gasteiger partial charge in [0.05, 0.1) is 0 Å². The lowest BCUT2D eigenvalue weighted by molar-refractivity contribution is -0.130. The van der Waals surface area contributed by atoms with Gasteiger partial charge >= 0.3 is 0 Å². The number of likely N-dealkylation sites (tertiary alicyclic amines) is 1. The molecule has 7 heteroatoms. The van der Waals surface area contributed by atoms with Gasteiger partial charge in [0.2, 0.25) is 5.88 Å². The van der Waals surface area contributed by atoms with E-state index in [1.807, 2.05) is 4.90 Å². The molecule has 7 nitrogen and oxygen atoms in total. The minimum absolute atomic E-state index is 0.0715. The summed E-state index contributed by atoms with van der Waals surface area (Å²) in [5.74, 6) is 1.20. The first-order valence-electron chi connectivity index (χ1n) is 7.94. The van der Waals surface area contributed by atoms with Gasteiger partial charge in [-0.25, -0.2) is 4.68 Å². The van der Waals surface area contributed by atoms with E-state index >= 15 is 0 Å². The maximum absolute atomic E-state index is 12.6. The molecule has 2 atom stereocenters. The number of nitrogens with zero attached hydrogens (tertiary/aromatic N) is 4. The molecule has 0 radical (unpaired) electrons. The van der Waals surface area contributed by atoms with E-state index in [4.69, 9.17) is 4.74 Å². The average Bonchev–Trinajstić information content (AvgIpc) is 2.83. The number of hydrogen-bond donors (Lipinski definition) is 0. The van der Waals surface area contributed by atoms with Crippen molar-refractivity contribution in [3.8, 4) is 5.88 Å². The van der Waals surface area contributed by atoms with Crippen LogP contribution in [0, 0.1) is 11.8 Å². The summed E-state index contributed by atoms with van der Waals surface area (Å²) in [5.41, 5.74) is 0.362. The van der Waals surface area contributed by atoms with Crippen molar-refractivity contribution in [1.82, 2.24) is 19.6 Å². The molecule has 0 bridgehead atoms. The zero-order valence-corrected chi connectivity index (χ0v) is 14.6. The van der Waals surface area contributed by atoms with Crippen LogP contribution >= 0.6 is 0 Å². The molecular formula is C16H26N4O3. The lowest BCUT2D eigenvalue weighted by Crippen LogP contribution is -2.42. The molecule has 1 aromatic heterocycles. The molecule has 0 spiro atoms. The Labute approximate surface area is 137 Å². The van der Waals surface area contributed by atoms with Crippen molar-refractivity contribution in [3.05, 3.63) is 11.8 Å². The van der Waals surface area contributed by atoms with Crippen molar-refractivity contribution in [2.75, 3.05) is 33.8 Å². The number of amides is 2. The van der Waals surface area contributed by atoms with Crippen molar-refractivity contribution in [1.29, 1.82) is 0 Å². The van der Waals surface area contributed by atoms with Crippen LogP contribution in [0.3, 0.4) is 0 Å². The van der Waals surface area contributed by atoms with Crippen molar-refractivity contribution >= 4 is 11.8 Å². The van der Waals surface area contributed by atoms with Gasteiger partial charge in [0, 0.05) is 40.3 Å². The Morgan fingerprint density at radius 2 is 1.91 bits per heavy atom. The highest BCUT2D eigenvalue weighted by Crippen LogP contribution is 2.23. The second kappa shape index (κ2) is 7.02. The van der Waals surface area contributed by atoms with E-state index in [0.717, 1.165) is 19.5 Å². The summed E-state index contributed by atoms with van der Waals surface area (Å²) in [6, 6.07) is 1.61. The first kappa shape index (κ1) is 17.3. The molecule has 1 aliphatic heterocycles. The zero-order chi connectivity index (χ0) is 17.1. The van der Waals surface area contributed by atoms with E-state index in [1.54, 1.807) is 27.2 Å². The summed E-state index contributed by atoms with van der Waals surface area (Å²) >= 11 is 0. The largest absolute Gasteiger partial charge is 0.468 e. The molecule has 0 saturated carbocycles. The summed E-state index contributed by atoms with van der Waals surface area (Å²) in [4.78, 5) is 27.5. The van der Waals surface area contributed by atoms with Crippen LogP contribution in [0.15, 0.2) is 6.07 Å². The van der Waals surface area contributed by atoms with E-state index in [0.29, 0.717) is 23.4 Å². The van der Waals surface area contributed by atoms with Gasteiger partial charge in [-0.05, 0) is 18.3 Å². The van der Waals surface area contributed by atoms with Crippen LogP contribution in [0.2, 0.25) is 0 Å². The Bertz CT molecular complexity index is 572. The molecule has 2 heterocycles. The third-order valence-electron chi connectivity index (χ3n) is 4.05. The molecule has 1 fully saturated rings. The number of hydrogen-bond acceptors (Lipinski definition) is 4. The molecule has 23 heavy (non-hydrogen) atoms. The van der Waals surface area contributed by atoms with Gasteiger partial charge in [-0.2, -0.15) is 5.10 Å². The first-order chi connectivity index (χ1) is 10.8. The summed E-state index contributed by atoms with van der Waals surface area (Å²) in [6.45, 7) is 5.77. The van der Waals surface area contributed by atoms with E-state index < -0.39 is 0 Å². The minimum atomic E-state index is -0.141. The van der Waals surface area contributed by atoms with E-state index in [-0.39, 0.29) is 18.4 Å². The van der Waals surface area contributed by atoms with E-state index in [9.17, 15) is 9.59 Å². The van der Waals surface area contributed by atoms with Crippen LogP contribution in [0.25, 0.3) is 0 Å². The summed E-state index contributed by atoms with van der Waals surface area (Å²) < 4.78 is 6.95. The predicted molar refractivity (Wildman–Crippen MR) is 86.2 cm³/mol. The number of carbonyl (C=O) groups is 2. The maximum atomic E-state index is 12.6. The van der Waals surface area contributed by atoms with Gasteiger partial charge in [0.25, 0.3) is 11.8 Å². The number of aromatic nitrogens is 2. The van der Waals surface area contributed by atoms with Gasteiger partial charge in [-0.1, -0.05) is 13.8 Å². The SMILES string of the molecule is C[C@@H]1C[C@@H](C)CN(C(=O)c2cc(OCC(=O)N(C)C)n(C)n2)C1. The standard InChI is InChI=1S/C16H26N4O3/c1-11-6-12(2)9-20(8-11)16(22)13-7-15(19(5)17-13)23-10-14(21)18(3)4/h7,11-12H,6,8-10H2,1-5H3/t11-,12-/m1/s1. The van der Waals surface area contributed by atoms with Crippen LogP contribution in [0.5, 0.6) is 5.88 Å². The predicted octanol–water partition coefficient (Wildman–Crippen LogP) is 1.01. The lowest BCUT2D eigenvalue weighted by atomic mass is 9.92. The molecule has 0 aliphatic carbocycles. The van der Waals surface area contributed by atoms with Crippen LogP contribution in [0.4, 0.5) is 0 Å². The third kappa shape index (κ3) is 4.24. The fourth-order valence-corrected chi connectivity index (χ4v) is 2.95. The molecule has 2 amide bonds. The van der Waals surface area contributed by atoms with Gasteiger partial charge in [-0.15, -0.1) is 0 Å². The normalized spacial score (nSPS) is 21.2. The van der Waals surface area contributed by atoms with E-state index in [2.05, 4.69) is 18.9 Å². The second-order valence-corrected chi connectivity index (χ2v) is 6.72. The number of aryl methyl sites for hydroxylation is 1. The number of carbonyl (C=O) groups excluding carboxylic acids is 2. The molecule has 0 N–H and O–H groups in total. The number of piperidine rings is 1. The Hall–Kier alpha value is -2.05. The second-order valence-electron chi connectivity index (χ2n) is 6.72. The van der Waals surface area contributed by atoms with Crippen LogP contribution in [-0.2, 0) is 11.8 Å². The Kier molecular flexibility index (Phi) is 5.28. The first-order valence-corrected chi connectivity index (χ1v) is 7.94. The molecule has 0 unspecified atom stereocenters. The number of ether oxygens (including phenoxy) is 1. The van der Waals surface area contributed by atoms with Gasteiger partial charge in [0.1, 0.15) is 0 Å². The minimum Gasteiger partial charge on any atom is -0.468 e. The van der Waals surface area contributed by atoms with Crippen molar-refractivity contribution in [3.63, 3.8) is 0 Å². The third-order valence-corrected chi connectivity index (χ3v) is 4.05. The van der Waals surface area contributed by atoms with Crippen molar-refractivity contribution in [2.45, 2.75) is 20.3 Å². The topological polar surface area (TPSA) is 67.7 Å². The highest BCUT2D eigenvalue weighted by Gasteiger charge is 2.28. The van der Waals surface area contributed by atoms with Gasteiger partial charge in [-0.3, -0.25) is 9.59 Å². The molecule has 1 aliphatic rings. The van der Waals surface area contributed by atoms with Gasteiger partial charge in [0.15, 0.2) is 12.3 Å². The van der Waals surface area contributed by atoms with Crippen molar-refractivity contribution < 1.29 is 14.3 Å². The monoisotopic (exact) mass is 322 g/mol. The maximum Gasteiger partial charge on any atom is 0.274 e. The Balaban J connectivity index is 2.04. The quantitative estimate of drug-likeness (QED) is 0.829. The lowest BCUT2D eigenvalue weighted by Gasteiger charge is -2.34. The summed E-state index contributed by atoms with van der Waals surface area (Å²) in [5, 5.41) is 4.23. The molecule has 0 aromatic carbocycles. The van der Waals surface area contributed by atoms with Gasteiger partial charge < -0.3 is 14.5 Å². The van der Waals surface area contributed by atoms with E-state index in [1.165, 1.54) is 9.58 Å². The molecule has 128 valence electrons. The fourth-order valence-electron chi connectivity index (χ4n) is 2.95. The van der Waals surface area contributed by atoms with Crippen LogP contribution < -0.4 is 4.74 Å². The highest BCUT2D eigenvalue weighted by atomic mass is 16.5. The Morgan fingerprint density at radius 1 is 1.30 bits per heavy atom. The Morgan fingerprint density at radius 3 is 2.48 bits per heavy atom. The van der Waals surface area contributed by atoms with Crippen LogP contribution in [-0.4, -0.2) is 65.2 Å². The number of rotatable bonds is 4. The summed E-state index contributed by atoms with van der Waals surface area (Å²) in [6.07, 6.45) is 1.15. The molecular weight excluding hydrogens is 296 g/mol. The van der Waals surface area contributed by atoms with Crippen molar-refractivity contribution in [2.24, 2.45) is 18.9 Å².